The number of benzene rings is 1. The first-order valence-electron chi connectivity index (χ1n) is 5.76. The van der Waals surface area contributed by atoms with Crippen LogP contribution in [0.15, 0.2) is 18.2 Å². The van der Waals surface area contributed by atoms with Crippen molar-refractivity contribution >= 4 is 16.9 Å². The van der Waals surface area contributed by atoms with E-state index in [1.807, 2.05) is 0 Å². The van der Waals surface area contributed by atoms with Gasteiger partial charge in [-0.3, -0.25) is 0 Å². The number of ether oxygens (including phenoxy) is 1. The highest BCUT2D eigenvalue weighted by atomic mass is 19.4. The first kappa shape index (κ1) is 14.4. The minimum Gasteiger partial charge on any atom is -0.464 e. The lowest BCUT2D eigenvalue weighted by Crippen LogP contribution is -2.09. The van der Waals surface area contributed by atoms with Crippen molar-refractivity contribution in [2.24, 2.45) is 0 Å². The van der Waals surface area contributed by atoms with Gasteiger partial charge in [-0.05, 0) is 30.2 Å². The van der Waals surface area contributed by atoms with E-state index in [4.69, 9.17) is 0 Å². The molecule has 1 N–H and O–H groups in total. The Labute approximate surface area is 111 Å². The maximum Gasteiger partial charge on any atom is 0.389 e. The Morgan fingerprint density at radius 2 is 2.00 bits per heavy atom. The average Bonchev–Trinajstić information content (AvgIpc) is 2.77. The number of esters is 1. The summed E-state index contributed by atoms with van der Waals surface area (Å²) < 4.78 is 54.7. The fraction of sp³-hybridized carbons (Fsp3) is 0.308. The summed E-state index contributed by atoms with van der Waals surface area (Å²) in [4.78, 5) is 14.0. The zero-order valence-electron chi connectivity index (χ0n) is 10.5. The molecule has 1 heterocycles. The number of nitrogens with one attached hydrogen (secondary N) is 1. The molecule has 0 atom stereocenters. The normalized spacial score (nSPS) is 11.8. The molecule has 2 rings (SSSR count). The second-order valence-corrected chi connectivity index (χ2v) is 4.32. The van der Waals surface area contributed by atoms with Crippen molar-refractivity contribution in [3.8, 4) is 0 Å². The zero-order chi connectivity index (χ0) is 14.9. The second kappa shape index (κ2) is 5.15. The van der Waals surface area contributed by atoms with Crippen LogP contribution in [0.1, 0.15) is 22.5 Å². The molecule has 0 fully saturated rings. The fourth-order valence-corrected chi connectivity index (χ4v) is 1.97. The van der Waals surface area contributed by atoms with Crippen LogP contribution in [-0.2, 0) is 11.2 Å². The number of halogens is 4. The van der Waals surface area contributed by atoms with E-state index in [0.29, 0.717) is 10.9 Å². The Bertz CT molecular complexity index is 646. The number of aromatic amines is 1. The van der Waals surface area contributed by atoms with E-state index < -0.39 is 24.4 Å². The Hall–Kier alpha value is -2.05. The summed E-state index contributed by atoms with van der Waals surface area (Å²) in [6.07, 6.45) is -5.74. The van der Waals surface area contributed by atoms with Crippen LogP contribution in [0.2, 0.25) is 0 Å². The molecule has 0 aliphatic rings. The van der Waals surface area contributed by atoms with E-state index in [-0.39, 0.29) is 17.7 Å². The molecular formula is C13H11F4NO2. The van der Waals surface area contributed by atoms with E-state index in [1.54, 1.807) is 0 Å². The Balaban J connectivity index is 2.42. The standard InChI is InChI=1S/C13H11F4NO2/c1-20-12(19)10-6-8-5-9(14)4-7(11(8)18-10)2-3-13(15,16)17/h4-6,18H,2-3H2,1H3. The Morgan fingerprint density at radius 1 is 1.30 bits per heavy atom. The molecule has 108 valence electrons. The first-order chi connectivity index (χ1) is 9.30. The van der Waals surface area contributed by atoms with Crippen molar-refractivity contribution in [1.29, 1.82) is 0 Å². The quantitative estimate of drug-likeness (QED) is 0.693. The van der Waals surface area contributed by atoms with Crippen LogP contribution in [0.25, 0.3) is 10.9 Å². The molecule has 0 saturated heterocycles. The number of hydrogen-bond donors (Lipinski definition) is 1. The summed E-state index contributed by atoms with van der Waals surface area (Å²) in [6.45, 7) is 0. The van der Waals surface area contributed by atoms with Gasteiger partial charge < -0.3 is 9.72 Å². The Kier molecular flexibility index (Phi) is 3.69. The van der Waals surface area contributed by atoms with E-state index in [1.165, 1.54) is 13.2 Å². The Morgan fingerprint density at radius 3 is 2.60 bits per heavy atom. The van der Waals surface area contributed by atoms with E-state index in [0.717, 1.165) is 12.1 Å². The van der Waals surface area contributed by atoms with Gasteiger partial charge in [-0.1, -0.05) is 0 Å². The van der Waals surface area contributed by atoms with Gasteiger partial charge in [-0.25, -0.2) is 9.18 Å². The third kappa shape index (κ3) is 3.09. The van der Waals surface area contributed by atoms with E-state index >= 15 is 0 Å². The van der Waals surface area contributed by atoms with Crippen LogP contribution in [0, 0.1) is 5.82 Å². The second-order valence-electron chi connectivity index (χ2n) is 4.32. The van der Waals surface area contributed by atoms with Gasteiger partial charge in [-0.2, -0.15) is 13.2 Å². The number of H-pyrrole nitrogens is 1. The molecule has 20 heavy (non-hydrogen) atoms. The number of aromatic nitrogens is 1. The van der Waals surface area contributed by atoms with Crippen LogP contribution in [0.3, 0.4) is 0 Å². The van der Waals surface area contributed by atoms with Crippen LogP contribution in [0.4, 0.5) is 17.6 Å². The number of methoxy groups -OCH3 is 1. The van der Waals surface area contributed by atoms with Gasteiger partial charge in [0.2, 0.25) is 0 Å². The van der Waals surface area contributed by atoms with Crippen LogP contribution in [0.5, 0.6) is 0 Å². The largest absolute Gasteiger partial charge is 0.464 e. The van der Waals surface area contributed by atoms with Crippen LogP contribution < -0.4 is 0 Å². The summed E-state index contributed by atoms with van der Waals surface area (Å²) in [5.74, 6) is -1.31. The molecule has 0 unspecified atom stereocenters. The minimum absolute atomic E-state index is 0.0707. The fourth-order valence-electron chi connectivity index (χ4n) is 1.97. The lowest BCUT2D eigenvalue weighted by atomic mass is 10.1. The van der Waals surface area contributed by atoms with Crippen molar-refractivity contribution in [3.05, 3.63) is 35.3 Å². The molecule has 0 saturated carbocycles. The van der Waals surface area contributed by atoms with Crippen molar-refractivity contribution in [3.63, 3.8) is 0 Å². The summed E-state index contributed by atoms with van der Waals surface area (Å²) >= 11 is 0. The van der Waals surface area contributed by atoms with Gasteiger partial charge in [0.05, 0.1) is 7.11 Å². The molecule has 0 bridgehead atoms. The van der Waals surface area contributed by atoms with Crippen LogP contribution in [-0.4, -0.2) is 24.2 Å². The molecule has 0 aliphatic heterocycles. The number of fused-ring (bicyclic) bond motifs is 1. The maximum absolute atomic E-state index is 13.4. The van der Waals surface area contributed by atoms with Gasteiger partial charge in [0, 0.05) is 17.3 Å². The van der Waals surface area contributed by atoms with Gasteiger partial charge in [0.15, 0.2) is 0 Å². The molecular weight excluding hydrogens is 278 g/mol. The highest BCUT2D eigenvalue weighted by molar-refractivity contribution is 5.95. The van der Waals surface area contributed by atoms with Gasteiger partial charge >= 0.3 is 12.1 Å². The summed E-state index contributed by atoms with van der Waals surface area (Å²) in [6, 6.07) is 3.53. The summed E-state index contributed by atoms with van der Waals surface area (Å²) in [5.41, 5.74) is 0.560. The van der Waals surface area contributed by atoms with Gasteiger partial charge in [-0.15, -0.1) is 0 Å². The minimum atomic E-state index is -4.32. The molecule has 0 amide bonds. The predicted molar refractivity (Wildman–Crippen MR) is 64.0 cm³/mol. The summed E-state index contributed by atoms with van der Waals surface area (Å²) in [5, 5.41) is 0.336. The lowest BCUT2D eigenvalue weighted by molar-refractivity contribution is -0.133. The van der Waals surface area contributed by atoms with Crippen molar-refractivity contribution in [2.45, 2.75) is 19.0 Å². The third-order valence-electron chi connectivity index (χ3n) is 2.86. The highest BCUT2D eigenvalue weighted by Gasteiger charge is 2.27. The molecule has 7 heteroatoms. The topological polar surface area (TPSA) is 42.1 Å². The van der Waals surface area contributed by atoms with Crippen LogP contribution >= 0.6 is 0 Å². The van der Waals surface area contributed by atoms with Crippen molar-refractivity contribution in [1.82, 2.24) is 4.98 Å². The molecule has 0 aliphatic carbocycles. The van der Waals surface area contributed by atoms with E-state index in [9.17, 15) is 22.4 Å². The van der Waals surface area contributed by atoms with Crippen molar-refractivity contribution < 1.29 is 27.1 Å². The number of rotatable bonds is 3. The number of carbonyl (C=O) groups is 1. The molecule has 0 radical (unpaired) electrons. The lowest BCUT2D eigenvalue weighted by Gasteiger charge is -2.07. The SMILES string of the molecule is COC(=O)c1cc2cc(F)cc(CCC(F)(F)F)c2[nH]1. The number of aryl methyl sites for hydroxylation is 1. The molecule has 1 aromatic carbocycles. The maximum atomic E-state index is 13.4. The first-order valence-corrected chi connectivity index (χ1v) is 5.76. The van der Waals surface area contributed by atoms with E-state index in [2.05, 4.69) is 9.72 Å². The van der Waals surface area contributed by atoms with Crippen molar-refractivity contribution in [2.75, 3.05) is 7.11 Å². The molecule has 2 aromatic rings. The number of alkyl halides is 3. The van der Waals surface area contributed by atoms with Gasteiger partial charge in [0.25, 0.3) is 0 Å². The molecule has 1 aromatic heterocycles. The highest BCUT2D eigenvalue weighted by Crippen LogP contribution is 2.27. The number of carbonyl (C=O) groups excluding carboxylic acids is 1. The zero-order valence-corrected chi connectivity index (χ0v) is 10.5. The monoisotopic (exact) mass is 289 g/mol. The van der Waals surface area contributed by atoms with Gasteiger partial charge in [0.1, 0.15) is 11.5 Å². The average molecular weight is 289 g/mol. The summed E-state index contributed by atoms with van der Waals surface area (Å²) in [7, 11) is 1.18. The third-order valence-corrected chi connectivity index (χ3v) is 2.86. The molecule has 3 nitrogen and oxygen atoms in total. The smallest absolute Gasteiger partial charge is 0.389 e. The number of hydrogen-bond acceptors (Lipinski definition) is 2. The molecule has 0 spiro atoms. The predicted octanol–water partition coefficient (Wildman–Crippen LogP) is 3.59.